The molecule has 6 heteroatoms. The van der Waals surface area contributed by atoms with Crippen molar-refractivity contribution in [3.05, 3.63) is 259 Å². The zero-order valence-corrected chi connectivity index (χ0v) is 38.2. The van der Waals surface area contributed by atoms with E-state index in [0.29, 0.717) is 0 Å². The Morgan fingerprint density at radius 3 is 1.28 bits per heavy atom. The lowest BCUT2D eigenvalue weighted by molar-refractivity contribution is 0.436. The molecule has 9 aromatic carbocycles. The fourth-order valence-electron chi connectivity index (χ4n) is 12.5. The highest BCUT2D eigenvalue weighted by atomic mass is 16.5. The maximum atomic E-state index is 7.16. The summed E-state index contributed by atoms with van der Waals surface area (Å²) in [6.45, 7) is 0. The monoisotopic (exact) mass is 905 g/mol. The Hall–Kier alpha value is -9.52. The smallest absolute Gasteiger partial charge is 0.132 e. The van der Waals surface area contributed by atoms with E-state index in [4.69, 9.17) is 14.7 Å². The van der Waals surface area contributed by atoms with Crippen LogP contribution < -0.4 is 4.74 Å². The van der Waals surface area contributed by atoms with E-state index in [0.717, 1.165) is 95.4 Å². The van der Waals surface area contributed by atoms with E-state index < -0.39 is 5.41 Å². The SMILES string of the molecule is c1cc(-n2c3ccccc3c3ccccc32)cc(-n2c3ccccc3c3cc(-c4ccc5c(c4)Oc4ccc(-n6c7ccccc7c7ccccc76)cc4C54c5cccnc5-c5ncccc54)ccc32)c1. The molecule has 2 aliphatic rings. The summed E-state index contributed by atoms with van der Waals surface area (Å²) >= 11 is 0. The molecule has 0 saturated heterocycles. The van der Waals surface area contributed by atoms with Crippen LogP contribution in [0.5, 0.6) is 11.5 Å². The summed E-state index contributed by atoms with van der Waals surface area (Å²) < 4.78 is 14.3. The number of fused-ring (bicyclic) bond motifs is 18. The maximum Gasteiger partial charge on any atom is 0.132 e. The van der Waals surface area contributed by atoms with Gasteiger partial charge in [0, 0.05) is 72.9 Å². The molecule has 330 valence electrons. The second-order valence-electron chi connectivity index (χ2n) is 18.9. The van der Waals surface area contributed by atoms with Crippen molar-refractivity contribution >= 4 is 65.4 Å². The van der Waals surface area contributed by atoms with E-state index >= 15 is 0 Å². The number of hydrogen-bond donors (Lipinski definition) is 0. The Bertz CT molecular complexity index is 4440. The fourth-order valence-corrected chi connectivity index (χ4v) is 12.5. The first-order valence-electron chi connectivity index (χ1n) is 24.2. The van der Waals surface area contributed by atoms with Gasteiger partial charge in [-0.05, 0) is 119 Å². The van der Waals surface area contributed by atoms with E-state index in [1.54, 1.807) is 0 Å². The minimum absolute atomic E-state index is 0.742. The molecule has 14 aromatic rings. The molecule has 1 spiro atoms. The largest absolute Gasteiger partial charge is 0.457 e. The lowest BCUT2D eigenvalue weighted by atomic mass is 9.66. The zero-order chi connectivity index (χ0) is 46.4. The average molecular weight is 906 g/mol. The zero-order valence-electron chi connectivity index (χ0n) is 38.2. The van der Waals surface area contributed by atoms with Gasteiger partial charge in [-0.15, -0.1) is 0 Å². The molecule has 0 unspecified atom stereocenters. The van der Waals surface area contributed by atoms with Crippen molar-refractivity contribution in [1.29, 1.82) is 0 Å². The summed E-state index contributed by atoms with van der Waals surface area (Å²) in [7, 11) is 0. The third-order valence-electron chi connectivity index (χ3n) is 15.4. The first-order valence-corrected chi connectivity index (χ1v) is 24.2. The minimum atomic E-state index is -0.742. The highest BCUT2D eigenvalue weighted by Crippen LogP contribution is 2.62. The standard InChI is InChI=1S/C65H39N5O/c1-6-23-55-45(16-1)46-17-2-7-24-56(46)68(55)42-14-11-15-43(38-42)69-59-27-10-5-20-49(59)50-36-40(29-32-60(50)69)41-28-31-51-62(37-41)71-61-33-30-44(70-57-25-8-3-18-47(57)48-19-4-9-26-58(48)70)39-54(61)65(51)52-21-12-34-66-63(52)64-53(65)22-13-35-67-64/h1-39H. The highest BCUT2D eigenvalue weighted by Gasteiger charge is 2.52. The highest BCUT2D eigenvalue weighted by molar-refractivity contribution is 6.12. The van der Waals surface area contributed by atoms with Gasteiger partial charge in [-0.2, -0.15) is 0 Å². The maximum absolute atomic E-state index is 7.16. The van der Waals surface area contributed by atoms with Crippen LogP contribution in [0.25, 0.3) is 105 Å². The molecule has 6 nitrogen and oxygen atoms in total. The van der Waals surface area contributed by atoms with Crippen LogP contribution in [0.3, 0.4) is 0 Å². The van der Waals surface area contributed by atoms with Gasteiger partial charge in [0.15, 0.2) is 0 Å². The lowest BCUT2D eigenvalue weighted by Crippen LogP contribution is -2.32. The minimum Gasteiger partial charge on any atom is -0.457 e. The third kappa shape index (κ3) is 5.15. The Labute approximate surface area is 407 Å². The van der Waals surface area contributed by atoms with Gasteiger partial charge < -0.3 is 18.4 Å². The first kappa shape index (κ1) is 38.4. The van der Waals surface area contributed by atoms with Crippen molar-refractivity contribution in [1.82, 2.24) is 23.7 Å². The van der Waals surface area contributed by atoms with E-state index in [1.165, 1.54) is 43.4 Å². The quantitative estimate of drug-likeness (QED) is 0.177. The van der Waals surface area contributed by atoms with Gasteiger partial charge in [0.25, 0.3) is 0 Å². The van der Waals surface area contributed by atoms with Crippen molar-refractivity contribution in [2.24, 2.45) is 0 Å². The van der Waals surface area contributed by atoms with Crippen molar-refractivity contribution in [3.63, 3.8) is 0 Å². The van der Waals surface area contributed by atoms with Crippen LogP contribution in [0.1, 0.15) is 22.3 Å². The molecule has 6 heterocycles. The molecular formula is C65H39N5O. The number of nitrogens with zero attached hydrogens (tertiary/aromatic N) is 5. The molecule has 71 heavy (non-hydrogen) atoms. The van der Waals surface area contributed by atoms with Crippen molar-refractivity contribution in [2.45, 2.75) is 5.41 Å². The normalized spacial score (nSPS) is 13.3. The average Bonchev–Trinajstić information content (AvgIpc) is 4.15. The summed E-state index contributed by atoms with van der Waals surface area (Å²) in [5.41, 5.74) is 17.9. The van der Waals surface area contributed by atoms with Gasteiger partial charge in [0.1, 0.15) is 11.5 Å². The van der Waals surface area contributed by atoms with Gasteiger partial charge in [-0.25, -0.2) is 0 Å². The van der Waals surface area contributed by atoms with Crippen molar-refractivity contribution in [2.75, 3.05) is 0 Å². The molecule has 0 radical (unpaired) electrons. The molecular weight excluding hydrogens is 867 g/mol. The summed E-state index contributed by atoms with van der Waals surface area (Å²) in [6, 6.07) is 81.4. The molecule has 16 rings (SSSR count). The number of para-hydroxylation sites is 5. The lowest BCUT2D eigenvalue weighted by Gasteiger charge is -2.39. The topological polar surface area (TPSA) is 49.8 Å². The van der Waals surface area contributed by atoms with E-state index in [1.807, 2.05) is 12.4 Å². The molecule has 0 bridgehead atoms. The Balaban J connectivity index is 0.866. The molecule has 5 aromatic heterocycles. The summed E-state index contributed by atoms with van der Waals surface area (Å²) in [5, 5.41) is 7.34. The number of hydrogen-bond acceptors (Lipinski definition) is 3. The number of aromatic nitrogens is 5. The van der Waals surface area contributed by atoms with Crippen molar-refractivity contribution < 1.29 is 4.74 Å². The van der Waals surface area contributed by atoms with E-state index in [2.05, 4.69) is 238 Å². The van der Waals surface area contributed by atoms with Crippen LogP contribution in [0, 0.1) is 0 Å². The van der Waals surface area contributed by atoms with Crippen molar-refractivity contribution in [3.8, 4) is 51.1 Å². The molecule has 0 N–H and O–H groups in total. The van der Waals surface area contributed by atoms with Crippen LogP contribution in [-0.4, -0.2) is 23.7 Å². The third-order valence-corrected chi connectivity index (χ3v) is 15.4. The number of rotatable bonds is 4. The Kier molecular flexibility index (Phi) is 7.72. The van der Waals surface area contributed by atoms with E-state index in [-0.39, 0.29) is 0 Å². The second-order valence-corrected chi connectivity index (χ2v) is 18.9. The van der Waals surface area contributed by atoms with Gasteiger partial charge in [0.05, 0.1) is 49.9 Å². The fraction of sp³-hybridized carbons (Fsp3) is 0.0154. The van der Waals surface area contributed by atoms with Crippen LogP contribution in [0.4, 0.5) is 0 Å². The van der Waals surface area contributed by atoms with Gasteiger partial charge in [-0.1, -0.05) is 127 Å². The van der Waals surface area contributed by atoms with Gasteiger partial charge in [-0.3, -0.25) is 9.97 Å². The molecule has 1 aliphatic carbocycles. The molecule has 0 saturated carbocycles. The van der Waals surface area contributed by atoms with Gasteiger partial charge in [0.2, 0.25) is 0 Å². The summed E-state index contributed by atoms with van der Waals surface area (Å²) in [5.74, 6) is 1.63. The first-order chi connectivity index (χ1) is 35.2. The van der Waals surface area contributed by atoms with Crippen LogP contribution in [0.15, 0.2) is 237 Å². The second kappa shape index (κ2) is 14.3. The molecule has 0 fully saturated rings. The van der Waals surface area contributed by atoms with Crippen LogP contribution in [0.2, 0.25) is 0 Å². The molecule has 0 atom stereocenters. The number of benzene rings is 9. The van der Waals surface area contributed by atoms with Crippen LogP contribution in [-0.2, 0) is 5.41 Å². The molecule has 1 aliphatic heterocycles. The van der Waals surface area contributed by atoms with Gasteiger partial charge >= 0.3 is 0 Å². The van der Waals surface area contributed by atoms with E-state index in [9.17, 15) is 0 Å². The Morgan fingerprint density at radius 1 is 0.296 bits per heavy atom. The summed E-state index contributed by atoms with van der Waals surface area (Å²) in [4.78, 5) is 10.0. The summed E-state index contributed by atoms with van der Waals surface area (Å²) in [6.07, 6.45) is 3.76. The predicted molar refractivity (Wildman–Crippen MR) is 288 cm³/mol. The van der Waals surface area contributed by atoms with Crippen LogP contribution >= 0.6 is 0 Å². The number of ether oxygens (including phenoxy) is 1. The number of pyridine rings is 2. The Morgan fingerprint density at radius 2 is 0.746 bits per heavy atom. The predicted octanol–water partition coefficient (Wildman–Crippen LogP) is 15.9. The molecule has 0 amide bonds.